The minimum absolute atomic E-state index is 0.0100. The van der Waals surface area contributed by atoms with Gasteiger partial charge in [0, 0.05) is 26.0 Å². The lowest BCUT2D eigenvalue weighted by Crippen LogP contribution is -2.41. The summed E-state index contributed by atoms with van der Waals surface area (Å²) in [6.07, 6.45) is 2.50. The summed E-state index contributed by atoms with van der Waals surface area (Å²) in [4.78, 5) is 24.9. The second-order valence-electron chi connectivity index (χ2n) is 7.11. The van der Waals surface area contributed by atoms with Crippen LogP contribution in [0.2, 0.25) is 0 Å². The molecular formula is C20H29N5O5. The van der Waals surface area contributed by atoms with Gasteiger partial charge >= 0.3 is 0 Å². The molecule has 30 heavy (non-hydrogen) atoms. The van der Waals surface area contributed by atoms with Crippen LogP contribution in [0.4, 0.5) is 0 Å². The fraction of sp³-hybridized carbons (Fsp3) is 0.500. The highest BCUT2D eigenvalue weighted by Gasteiger charge is 2.32. The third-order valence-electron chi connectivity index (χ3n) is 4.84. The zero-order chi connectivity index (χ0) is 22.3. The highest BCUT2D eigenvalue weighted by molar-refractivity contribution is 5.75. The van der Waals surface area contributed by atoms with Crippen LogP contribution >= 0.6 is 0 Å². The molecule has 0 saturated heterocycles. The summed E-state index contributed by atoms with van der Waals surface area (Å²) in [5.41, 5.74) is 12.3. The number of ether oxygens (including phenoxy) is 2. The number of hydrogen-bond donors (Lipinski definition) is 3. The van der Waals surface area contributed by atoms with Crippen LogP contribution in [0, 0.1) is 0 Å². The van der Waals surface area contributed by atoms with Gasteiger partial charge in [-0.25, -0.2) is 9.67 Å². The van der Waals surface area contributed by atoms with Crippen molar-refractivity contribution in [2.24, 2.45) is 11.5 Å². The number of nitrogens with zero attached hydrogens (tertiary/aromatic N) is 3. The van der Waals surface area contributed by atoms with Crippen molar-refractivity contribution in [3.05, 3.63) is 35.9 Å². The molecule has 1 fully saturated rings. The first-order valence-electron chi connectivity index (χ1n) is 9.61. The van der Waals surface area contributed by atoms with E-state index in [9.17, 15) is 4.79 Å². The van der Waals surface area contributed by atoms with E-state index in [4.69, 9.17) is 30.8 Å². The van der Waals surface area contributed by atoms with Crippen molar-refractivity contribution in [2.45, 2.75) is 50.7 Å². The summed E-state index contributed by atoms with van der Waals surface area (Å²) in [5, 5.41) is 11.9. The van der Waals surface area contributed by atoms with Gasteiger partial charge in [-0.05, 0) is 43.5 Å². The fourth-order valence-electron chi connectivity index (χ4n) is 3.44. The van der Waals surface area contributed by atoms with E-state index in [0.717, 1.165) is 43.4 Å². The van der Waals surface area contributed by atoms with E-state index in [1.807, 2.05) is 24.3 Å². The molecule has 0 bridgehead atoms. The molecule has 0 spiro atoms. The van der Waals surface area contributed by atoms with Crippen LogP contribution in [0.3, 0.4) is 0 Å². The molecule has 1 saturated carbocycles. The number of carbonyl (C=O) groups is 2. The van der Waals surface area contributed by atoms with Crippen molar-refractivity contribution >= 4 is 11.9 Å². The number of benzene rings is 1. The zero-order valence-electron chi connectivity index (χ0n) is 17.4. The summed E-state index contributed by atoms with van der Waals surface area (Å²) < 4.78 is 12.5. The lowest BCUT2D eigenvalue weighted by molar-refractivity contribution is -0.134. The second-order valence-corrected chi connectivity index (χ2v) is 7.11. The number of methoxy groups -OCH3 is 2. The van der Waals surface area contributed by atoms with Crippen molar-refractivity contribution in [1.82, 2.24) is 14.8 Å². The molecule has 1 heterocycles. The number of hydrogen-bond acceptors (Lipinski definition) is 7. The standard InChI is InChI=1S/C18H25N5O3.C2H4O2/c1-25-13-6-4-12(5-7-13)23-18(21-17(22-23)10-16(20)24)11-3-8-14(19)15(9-11)26-2;1-2(3)4/h4-7,11,14-15H,3,8-10,19H2,1-2H3,(H2,20,24);1H3,(H,3,4)/t11-,14-,15-;/m0./s1. The summed E-state index contributed by atoms with van der Waals surface area (Å²) >= 11 is 0. The number of primary amides is 1. The van der Waals surface area contributed by atoms with Crippen molar-refractivity contribution in [3.8, 4) is 11.4 Å². The van der Waals surface area contributed by atoms with E-state index < -0.39 is 11.9 Å². The molecule has 1 aliphatic rings. The highest BCUT2D eigenvalue weighted by atomic mass is 16.5. The average Bonchev–Trinajstić information content (AvgIpc) is 3.11. The Bertz CT molecular complexity index is 848. The Morgan fingerprint density at radius 1 is 1.23 bits per heavy atom. The number of nitrogens with two attached hydrogens (primary N) is 2. The maximum absolute atomic E-state index is 11.3. The molecule has 2 aromatic rings. The number of amides is 1. The summed E-state index contributed by atoms with van der Waals surface area (Å²) in [6, 6.07) is 7.58. The molecule has 1 aromatic carbocycles. The molecule has 5 N–H and O–H groups in total. The Morgan fingerprint density at radius 2 is 1.87 bits per heavy atom. The Morgan fingerprint density at radius 3 is 2.40 bits per heavy atom. The van der Waals surface area contributed by atoms with Gasteiger partial charge < -0.3 is 26.0 Å². The van der Waals surface area contributed by atoms with Crippen LogP contribution in [-0.2, 0) is 20.7 Å². The van der Waals surface area contributed by atoms with Crippen molar-refractivity contribution < 1.29 is 24.2 Å². The first-order valence-corrected chi connectivity index (χ1v) is 9.61. The Hall–Kier alpha value is -2.98. The van der Waals surface area contributed by atoms with E-state index >= 15 is 0 Å². The van der Waals surface area contributed by atoms with Gasteiger partial charge in [-0.15, -0.1) is 0 Å². The summed E-state index contributed by atoms with van der Waals surface area (Å²) in [5.74, 6) is 0.850. The summed E-state index contributed by atoms with van der Waals surface area (Å²) in [7, 11) is 3.30. The van der Waals surface area contributed by atoms with Gasteiger partial charge in [-0.1, -0.05) is 0 Å². The molecule has 3 rings (SSSR count). The topological polar surface area (TPSA) is 156 Å². The van der Waals surface area contributed by atoms with Crippen LogP contribution in [0.25, 0.3) is 5.69 Å². The Labute approximate surface area is 175 Å². The van der Waals surface area contributed by atoms with Crippen LogP contribution in [0.1, 0.15) is 43.8 Å². The zero-order valence-corrected chi connectivity index (χ0v) is 17.4. The molecule has 1 amide bonds. The van der Waals surface area contributed by atoms with E-state index in [1.54, 1.807) is 18.9 Å². The maximum atomic E-state index is 11.3. The van der Waals surface area contributed by atoms with Gasteiger partial charge in [0.1, 0.15) is 11.6 Å². The minimum atomic E-state index is -0.833. The normalized spacial score (nSPS) is 20.7. The molecule has 0 radical (unpaired) electrons. The molecule has 1 aliphatic carbocycles. The largest absolute Gasteiger partial charge is 0.497 e. The number of rotatable bonds is 6. The second kappa shape index (κ2) is 10.7. The van der Waals surface area contributed by atoms with Gasteiger partial charge in [0.05, 0.1) is 25.3 Å². The van der Waals surface area contributed by atoms with Crippen LogP contribution in [0.15, 0.2) is 24.3 Å². The minimum Gasteiger partial charge on any atom is -0.497 e. The molecule has 164 valence electrons. The molecular weight excluding hydrogens is 390 g/mol. The lowest BCUT2D eigenvalue weighted by atomic mass is 9.83. The van der Waals surface area contributed by atoms with Crippen molar-refractivity contribution in [2.75, 3.05) is 14.2 Å². The first-order chi connectivity index (χ1) is 14.2. The van der Waals surface area contributed by atoms with Crippen LogP contribution in [-0.4, -0.2) is 58.1 Å². The maximum Gasteiger partial charge on any atom is 0.300 e. The number of carbonyl (C=O) groups excluding carboxylic acids is 1. The van der Waals surface area contributed by atoms with Gasteiger partial charge in [-0.2, -0.15) is 5.10 Å². The molecule has 0 aliphatic heterocycles. The Kier molecular flexibility index (Phi) is 8.31. The van der Waals surface area contributed by atoms with E-state index in [2.05, 4.69) is 10.1 Å². The third kappa shape index (κ3) is 6.26. The number of carboxylic acids is 1. The van der Waals surface area contributed by atoms with E-state index in [0.29, 0.717) is 5.82 Å². The molecule has 1 aromatic heterocycles. The summed E-state index contributed by atoms with van der Waals surface area (Å²) in [6.45, 7) is 1.08. The van der Waals surface area contributed by atoms with Gasteiger partial charge in [0.2, 0.25) is 5.91 Å². The Balaban J connectivity index is 0.000000735. The fourth-order valence-corrected chi connectivity index (χ4v) is 3.44. The van der Waals surface area contributed by atoms with E-state index in [1.165, 1.54) is 0 Å². The number of carboxylic acid groups (broad SMARTS) is 1. The molecule has 3 atom stereocenters. The predicted octanol–water partition coefficient (Wildman–Crippen LogP) is 1.00. The average molecular weight is 419 g/mol. The predicted molar refractivity (Wildman–Crippen MR) is 109 cm³/mol. The van der Waals surface area contributed by atoms with Gasteiger partial charge in [0.15, 0.2) is 5.82 Å². The quantitative estimate of drug-likeness (QED) is 0.626. The molecule has 10 heteroatoms. The first kappa shape index (κ1) is 23.3. The smallest absolute Gasteiger partial charge is 0.300 e. The van der Waals surface area contributed by atoms with Crippen molar-refractivity contribution in [1.29, 1.82) is 0 Å². The molecule has 0 unspecified atom stereocenters. The third-order valence-corrected chi connectivity index (χ3v) is 4.84. The lowest BCUT2D eigenvalue weighted by Gasteiger charge is -2.32. The number of aromatic nitrogens is 3. The van der Waals surface area contributed by atoms with E-state index in [-0.39, 0.29) is 24.5 Å². The van der Waals surface area contributed by atoms with Crippen LogP contribution < -0.4 is 16.2 Å². The monoisotopic (exact) mass is 419 g/mol. The van der Waals surface area contributed by atoms with Crippen molar-refractivity contribution in [3.63, 3.8) is 0 Å². The van der Waals surface area contributed by atoms with Crippen LogP contribution in [0.5, 0.6) is 5.75 Å². The van der Waals surface area contributed by atoms with Gasteiger partial charge in [0.25, 0.3) is 5.97 Å². The highest BCUT2D eigenvalue weighted by Crippen LogP contribution is 2.34. The number of aliphatic carboxylic acids is 1. The molecule has 10 nitrogen and oxygen atoms in total. The SMILES string of the molecule is CC(=O)O.COc1ccc(-n2nc(CC(N)=O)nc2[C@H]2CC[C@H](N)[C@@H](OC)C2)cc1. The van der Waals surface area contributed by atoms with Gasteiger partial charge in [-0.3, -0.25) is 9.59 Å².